The number of amides is 3. The Balaban J connectivity index is 1.05. The van der Waals surface area contributed by atoms with Gasteiger partial charge in [-0.1, -0.05) is 83.7 Å². The first-order valence-electron chi connectivity index (χ1n) is 16.0. The molecule has 5 atom stereocenters. The first-order valence-corrected chi connectivity index (χ1v) is 18.1. The van der Waals surface area contributed by atoms with Gasteiger partial charge < -0.3 is 34.8 Å². The van der Waals surface area contributed by atoms with Gasteiger partial charge in [-0.25, -0.2) is 4.90 Å². The fourth-order valence-corrected chi connectivity index (χ4v) is 7.91. The molecule has 4 N–H and O–H groups in total. The molecule has 0 spiro atoms. The van der Waals surface area contributed by atoms with Crippen molar-refractivity contribution in [3.8, 4) is 17.2 Å². The number of rotatable bonds is 14. The summed E-state index contributed by atoms with van der Waals surface area (Å²) in [6.45, 7) is -0.0997. The molecule has 4 aromatic rings. The van der Waals surface area contributed by atoms with E-state index in [1.807, 2.05) is 24.3 Å². The highest BCUT2D eigenvalue weighted by molar-refractivity contribution is 8.16. The van der Waals surface area contributed by atoms with Crippen LogP contribution in [0.5, 0.6) is 17.2 Å². The van der Waals surface area contributed by atoms with Crippen molar-refractivity contribution in [3.05, 3.63) is 118 Å². The van der Waals surface area contributed by atoms with Gasteiger partial charge in [0.05, 0.1) is 23.3 Å². The highest BCUT2D eigenvalue weighted by Crippen LogP contribution is 2.41. The lowest BCUT2D eigenvalue weighted by Gasteiger charge is -2.22. The molecule has 4 aromatic carbocycles. The molecule has 2 aliphatic heterocycles. The number of hydrogen-bond donors (Lipinski definition) is 4. The number of carbonyl (C=O) groups excluding carboxylic acids is 3. The molecule has 0 saturated carbocycles. The normalized spacial score (nSPS) is 19.9. The van der Waals surface area contributed by atoms with E-state index in [0.717, 1.165) is 39.6 Å². The molecule has 2 saturated heterocycles. The number of hydrogen-bond acceptors (Lipinski definition) is 11. The molecule has 51 heavy (non-hydrogen) atoms. The first kappa shape index (κ1) is 36.5. The number of methoxy groups -OCH3 is 1. The van der Waals surface area contributed by atoms with Gasteiger partial charge in [-0.3, -0.25) is 14.4 Å². The summed E-state index contributed by atoms with van der Waals surface area (Å²) in [5.41, 5.74) is 2.95. The SMILES string of the molecule is COc1c([C@@H](O)COc2ccc(CC3SC(=O)NC3O)cc2)cccc1N1C(=O)SC(Cc2ccc(OC[C@H](O)c3cccc(Cl)c3)cc2)C1=O. The Hall–Kier alpha value is -4.24. The Morgan fingerprint density at radius 3 is 2.06 bits per heavy atom. The molecule has 2 aliphatic rings. The lowest BCUT2D eigenvalue weighted by Crippen LogP contribution is -2.32. The molecule has 0 aliphatic carbocycles. The van der Waals surface area contributed by atoms with Crippen molar-refractivity contribution in [1.29, 1.82) is 0 Å². The molecule has 2 heterocycles. The number of ether oxygens (including phenoxy) is 3. The number of benzene rings is 4. The molecule has 11 nitrogen and oxygen atoms in total. The smallest absolute Gasteiger partial charge is 0.293 e. The van der Waals surface area contributed by atoms with Crippen molar-refractivity contribution >= 4 is 57.2 Å². The molecule has 266 valence electrons. The van der Waals surface area contributed by atoms with Gasteiger partial charge in [0, 0.05) is 10.6 Å². The molecule has 6 rings (SSSR count). The Labute approximate surface area is 307 Å². The van der Waals surface area contributed by atoms with Gasteiger partial charge in [-0.2, -0.15) is 0 Å². The Morgan fingerprint density at radius 1 is 0.824 bits per heavy atom. The maximum Gasteiger partial charge on any atom is 0.293 e. The first-order chi connectivity index (χ1) is 24.6. The summed E-state index contributed by atoms with van der Waals surface area (Å²) in [5.74, 6) is 0.824. The largest absolute Gasteiger partial charge is 0.494 e. The average Bonchev–Trinajstić information content (AvgIpc) is 3.60. The zero-order chi connectivity index (χ0) is 36.1. The molecule has 0 bridgehead atoms. The number of anilines is 1. The van der Waals surface area contributed by atoms with Crippen LogP contribution in [0.3, 0.4) is 0 Å². The van der Waals surface area contributed by atoms with Crippen LogP contribution in [-0.2, 0) is 17.6 Å². The quantitative estimate of drug-likeness (QED) is 0.119. The van der Waals surface area contributed by atoms with Gasteiger partial charge >= 0.3 is 0 Å². The minimum atomic E-state index is -1.15. The van der Waals surface area contributed by atoms with Crippen molar-refractivity contribution in [2.24, 2.45) is 0 Å². The van der Waals surface area contributed by atoms with Gasteiger partial charge in [-0.15, -0.1) is 0 Å². The molecule has 14 heteroatoms. The van der Waals surface area contributed by atoms with E-state index >= 15 is 0 Å². The lowest BCUT2D eigenvalue weighted by molar-refractivity contribution is -0.117. The van der Waals surface area contributed by atoms with Crippen LogP contribution in [0.15, 0.2) is 91.0 Å². The Morgan fingerprint density at radius 2 is 1.45 bits per heavy atom. The van der Waals surface area contributed by atoms with Gasteiger partial charge in [0.25, 0.3) is 10.5 Å². The monoisotopic (exact) mass is 750 g/mol. The Bertz CT molecular complexity index is 1880. The van der Waals surface area contributed by atoms with Crippen LogP contribution in [0.2, 0.25) is 5.02 Å². The van der Waals surface area contributed by atoms with E-state index in [2.05, 4.69) is 5.32 Å². The fourth-order valence-electron chi connectivity index (χ4n) is 5.75. The standard InChI is InChI=1S/C37H35ClN2O9S2/c1-47-33-27(30(42)20-49-26-12-8-21(9-13-26)16-31-34(43)39-36(45)50-31)6-3-7-28(33)40-35(44)32(51-37(40)46)17-22-10-14-25(15-11-22)48-19-29(41)23-4-2-5-24(38)18-23/h2-15,18,29-32,34,41-43H,16-17,19-20H2,1H3,(H,39,45)/t29-,30-,31?,32?,34?/m0/s1. The third-order valence-electron chi connectivity index (χ3n) is 8.38. The highest BCUT2D eigenvalue weighted by Gasteiger charge is 2.42. The molecule has 0 aromatic heterocycles. The number of nitrogens with one attached hydrogen (secondary N) is 1. The van der Waals surface area contributed by atoms with E-state index in [-0.39, 0.29) is 35.1 Å². The molecule has 3 amide bonds. The van der Waals surface area contributed by atoms with E-state index in [1.165, 1.54) is 7.11 Å². The number of nitrogens with zero attached hydrogens (tertiary/aromatic N) is 1. The van der Waals surface area contributed by atoms with E-state index in [1.54, 1.807) is 66.7 Å². The van der Waals surface area contributed by atoms with Crippen LogP contribution in [-0.4, -0.2) is 68.8 Å². The van der Waals surface area contributed by atoms with Gasteiger partial charge in [0.2, 0.25) is 5.91 Å². The minimum Gasteiger partial charge on any atom is -0.494 e. The fraction of sp³-hybridized carbons (Fsp3) is 0.270. The summed E-state index contributed by atoms with van der Waals surface area (Å²) in [7, 11) is 1.41. The average molecular weight is 751 g/mol. The predicted molar refractivity (Wildman–Crippen MR) is 196 cm³/mol. The molecule has 3 unspecified atom stereocenters. The number of para-hydroxylation sites is 1. The molecular weight excluding hydrogens is 716 g/mol. The van der Waals surface area contributed by atoms with E-state index < -0.39 is 34.8 Å². The summed E-state index contributed by atoms with van der Waals surface area (Å²) < 4.78 is 17.2. The second-order valence-corrected chi connectivity index (χ2v) is 14.7. The third-order valence-corrected chi connectivity index (χ3v) is 10.7. The predicted octanol–water partition coefficient (Wildman–Crippen LogP) is 6.07. The second kappa shape index (κ2) is 16.4. The summed E-state index contributed by atoms with van der Waals surface area (Å²) in [6, 6.07) is 26.1. The lowest BCUT2D eigenvalue weighted by atomic mass is 10.1. The van der Waals surface area contributed by atoms with Crippen LogP contribution >= 0.6 is 35.1 Å². The zero-order valence-corrected chi connectivity index (χ0v) is 29.7. The van der Waals surface area contributed by atoms with Crippen LogP contribution in [0.1, 0.15) is 34.5 Å². The van der Waals surface area contributed by atoms with Crippen molar-refractivity contribution in [1.82, 2.24) is 5.32 Å². The third kappa shape index (κ3) is 8.80. The maximum absolute atomic E-state index is 13.6. The number of carbonyl (C=O) groups is 3. The van der Waals surface area contributed by atoms with E-state index in [0.29, 0.717) is 40.5 Å². The minimum absolute atomic E-state index is 0.0319. The summed E-state index contributed by atoms with van der Waals surface area (Å²) in [6.07, 6.45) is -2.12. The Kier molecular flexibility index (Phi) is 11.8. The van der Waals surface area contributed by atoms with Crippen molar-refractivity contribution < 1.29 is 43.9 Å². The summed E-state index contributed by atoms with van der Waals surface area (Å²) in [5, 5.41) is 32.8. The molecular formula is C37H35ClN2O9S2. The van der Waals surface area contributed by atoms with Crippen molar-refractivity contribution in [3.63, 3.8) is 0 Å². The van der Waals surface area contributed by atoms with E-state index in [4.69, 9.17) is 25.8 Å². The summed E-state index contributed by atoms with van der Waals surface area (Å²) in [4.78, 5) is 39.4. The second-order valence-electron chi connectivity index (χ2n) is 11.9. The number of halogens is 1. The number of aliphatic hydroxyl groups excluding tert-OH is 3. The zero-order valence-electron chi connectivity index (χ0n) is 27.3. The van der Waals surface area contributed by atoms with E-state index in [9.17, 15) is 29.7 Å². The molecule has 0 radical (unpaired) electrons. The number of thioether (sulfide) groups is 2. The van der Waals surface area contributed by atoms with Gasteiger partial charge in [0.15, 0.2) is 0 Å². The van der Waals surface area contributed by atoms with Crippen molar-refractivity contribution in [2.45, 2.75) is 41.8 Å². The van der Waals surface area contributed by atoms with Crippen LogP contribution in [0.4, 0.5) is 15.3 Å². The highest BCUT2D eigenvalue weighted by atomic mass is 35.5. The molecule has 2 fully saturated rings. The van der Waals surface area contributed by atoms with Gasteiger partial charge in [0.1, 0.15) is 48.9 Å². The number of imide groups is 1. The topological polar surface area (TPSA) is 155 Å². The summed E-state index contributed by atoms with van der Waals surface area (Å²) >= 11 is 8.00. The van der Waals surface area contributed by atoms with Crippen LogP contribution in [0, 0.1) is 0 Å². The van der Waals surface area contributed by atoms with Crippen LogP contribution < -0.4 is 24.4 Å². The maximum atomic E-state index is 13.6. The van der Waals surface area contributed by atoms with Crippen LogP contribution in [0.25, 0.3) is 0 Å². The van der Waals surface area contributed by atoms with Gasteiger partial charge in [-0.05, 0) is 72.0 Å². The van der Waals surface area contributed by atoms with Crippen molar-refractivity contribution in [2.75, 3.05) is 25.2 Å². The number of aliphatic hydroxyl groups is 3.